The monoisotopic (exact) mass is 230 g/mol. The molecule has 94 valence electrons. The fourth-order valence-electron chi connectivity index (χ4n) is 1.65. The summed E-state index contributed by atoms with van der Waals surface area (Å²) >= 11 is 0. The molecule has 1 rings (SSSR count). The summed E-state index contributed by atoms with van der Waals surface area (Å²) in [6.45, 7) is 4.86. The van der Waals surface area contributed by atoms with Crippen LogP contribution in [0.1, 0.15) is 6.92 Å². The van der Waals surface area contributed by atoms with Gasteiger partial charge in [0.05, 0.1) is 12.7 Å². The van der Waals surface area contributed by atoms with Crippen LogP contribution in [-0.4, -0.2) is 52.5 Å². The Hall–Kier alpha value is -0.650. The summed E-state index contributed by atoms with van der Waals surface area (Å²) in [6, 6.07) is 0. The molecular weight excluding hydrogens is 208 g/mol. The lowest BCUT2D eigenvalue weighted by atomic mass is 9.88. The highest BCUT2D eigenvalue weighted by Gasteiger charge is 2.28. The quantitative estimate of drug-likeness (QED) is 0.626. The largest absolute Gasteiger partial charge is 0.382 e. The number of ether oxygens (including phenoxy) is 2. The van der Waals surface area contributed by atoms with Gasteiger partial charge in [0.2, 0.25) is 5.91 Å². The van der Waals surface area contributed by atoms with Crippen LogP contribution in [0.25, 0.3) is 0 Å². The number of carbonyl (C=O) groups excluding carboxylic acids is 1. The number of methoxy groups -OCH3 is 2. The van der Waals surface area contributed by atoms with Gasteiger partial charge in [-0.05, 0) is 19.0 Å². The maximum atomic E-state index is 11.8. The predicted octanol–water partition coefficient (Wildman–Crippen LogP) is -0.380. The Balaban J connectivity index is 2.22. The molecule has 1 heterocycles. The summed E-state index contributed by atoms with van der Waals surface area (Å²) in [5, 5.41) is 6.06. The molecule has 5 heteroatoms. The van der Waals surface area contributed by atoms with Crippen molar-refractivity contribution in [3.8, 4) is 0 Å². The maximum Gasteiger partial charge on any atom is 0.223 e. The Kier molecular flexibility index (Phi) is 5.73. The van der Waals surface area contributed by atoms with Crippen molar-refractivity contribution in [1.82, 2.24) is 10.6 Å². The Bertz CT molecular complexity index is 219. The zero-order chi connectivity index (χ0) is 12.0. The molecule has 5 nitrogen and oxygen atoms in total. The summed E-state index contributed by atoms with van der Waals surface area (Å²) in [5.41, 5.74) is 0. The van der Waals surface area contributed by atoms with Crippen LogP contribution in [0.4, 0.5) is 0 Å². The van der Waals surface area contributed by atoms with Gasteiger partial charge in [-0.1, -0.05) is 6.92 Å². The first-order valence-electron chi connectivity index (χ1n) is 5.69. The van der Waals surface area contributed by atoms with Crippen molar-refractivity contribution in [3.05, 3.63) is 0 Å². The Morgan fingerprint density at radius 3 is 2.62 bits per heavy atom. The van der Waals surface area contributed by atoms with Crippen molar-refractivity contribution < 1.29 is 14.3 Å². The van der Waals surface area contributed by atoms with Crippen molar-refractivity contribution >= 4 is 5.91 Å². The molecule has 0 spiro atoms. The lowest BCUT2D eigenvalue weighted by Crippen LogP contribution is -2.50. The fourth-order valence-corrected chi connectivity index (χ4v) is 1.65. The molecule has 0 radical (unpaired) electrons. The highest BCUT2D eigenvalue weighted by atomic mass is 16.5. The maximum absolute atomic E-state index is 11.8. The van der Waals surface area contributed by atoms with E-state index in [0.29, 0.717) is 19.1 Å². The van der Waals surface area contributed by atoms with Gasteiger partial charge in [0, 0.05) is 26.7 Å². The van der Waals surface area contributed by atoms with Gasteiger partial charge in [-0.2, -0.15) is 0 Å². The van der Waals surface area contributed by atoms with Crippen molar-refractivity contribution in [2.75, 3.05) is 40.5 Å². The summed E-state index contributed by atoms with van der Waals surface area (Å²) in [5.74, 6) is 0.648. The summed E-state index contributed by atoms with van der Waals surface area (Å²) in [7, 11) is 3.24. The second-order valence-corrected chi connectivity index (χ2v) is 4.27. The summed E-state index contributed by atoms with van der Waals surface area (Å²) < 4.78 is 10.2. The highest BCUT2D eigenvalue weighted by molar-refractivity contribution is 5.78. The fraction of sp³-hybridized carbons (Fsp3) is 0.909. The van der Waals surface area contributed by atoms with Gasteiger partial charge in [0.25, 0.3) is 0 Å². The minimum Gasteiger partial charge on any atom is -0.382 e. The molecule has 0 aromatic heterocycles. The van der Waals surface area contributed by atoms with E-state index in [-0.39, 0.29) is 17.9 Å². The van der Waals surface area contributed by atoms with Crippen molar-refractivity contribution in [2.24, 2.45) is 11.8 Å². The zero-order valence-corrected chi connectivity index (χ0v) is 10.3. The Labute approximate surface area is 96.9 Å². The molecule has 1 saturated heterocycles. The molecule has 0 aliphatic carbocycles. The second-order valence-electron chi connectivity index (χ2n) is 4.27. The Morgan fingerprint density at radius 2 is 2.19 bits per heavy atom. The highest BCUT2D eigenvalue weighted by Crippen LogP contribution is 2.15. The van der Waals surface area contributed by atoms with Crippen molar-refractivity contribution in [1.29, 1.82) is 0 Å². The molecule has 0 saturated carbocycles. The molecule has 2 unspecified atom stereocenters. The van der Waals surface area contributed by atoms with Crippen LogP contribution in [0.15, 0.2) is 0 Å². The smallest absolute Gasteiger partial charge is 0.223 e. The molecule has 16 heavy (non-hydrogen) atoms. The number of amides is 1. The van der Waals surface area contributed by atoms with Crippen LogP contribution in [-0.2, 0) is 14.3 Å². The van der Waals surface area contributed by atoms with E-state index in [0.717, 1.165) is 13.1 Å². The molecule has 1 amide bonds. The minimum absolute atomic E-state index is 0.0688. The summed E-state index contributed by atoms with van der Waals surface area (Å²) in [6.07, 6.45) is -0.0688. The second kappa shape index (κ2) is 6.83. The van der Waals surface area contributed by atoms with Crippen molar-refractivity contribution in [3.63, 3.8) is 0 Å². The third kappa shape index (κ3) is 3.73. The van der Waals surface area contributed by atoms with E-state index in [9.17, 15) is 4.79 Å². The van der Waals surface area contributed by atoms with Gasteiger partial charge in [-0.15, -0.1) is 0 Å². The van der Waals surface area contributed by atoms with E-state index in [4.69, 9.17) is 9.47 Å². The summed E-state index contributed by atoms with van der Waals surface area (Å²) in [4.78, 5) is 11.8. The zero-order valence-electron chi connectivity index (χ0n) is 10.3. The van der Waals surface area contributed by atoms with Gasteiger partial charge >= 0.3 is 0 Å². The lowest BCUT2D eigenvalue weighted by Gasteiger charge is -2.32. The van der Waals surface area contributed by atoms with Crippen LogP contribution in [0.3, 0.4) is 0 Å². The van der Waals surface area contributed by atoms with Crippen LogP contribution < -0.4 is 10.6 Å². The van der Waals surface area contributed by atoms with E-state index in [1.807, 2.05) is 6.92 Å². The molecule has 0 aromatic rings. The number of nitrogens with one attached hydrogen (secondary N) is 2. The normalized spacial score (nSPS) is 19.9. The molecule has 0 bridgehead atoms. The molecule has 1 aliphatic rings. The SMILES string of the molecule is COCC(CNC(=O)C(C)C1CNC1)OC. The van der Waals surface area contributed by atoms with Crippen molar-refractivity contribution in [2.45, 2.75) is 13.0 Å². The first-order valence-corrected chi connectivity index (χ1v) is 5.69. The first-order chi connectivity index (χ1) is 7.69. The number of hydrogen-bond donors (Lipinski definition) is 2. The average Bonchev–Trinajstić information content (AvgIpc) is 2.21. The van der Waals surface area contributed by atoms with Crippen LogP contribution in [0.2, 0.25) is 0 Å². The number of rotatable bonds is 7. The molecule has 2 N–H and O–H groups in total. The van der Waals surface area contributed by atoms with Crippen LogP contribution >= 0.6 is 0 Å². The van der Waals surface area contributed by atoms with E-state index in [1.54, 1.807) is 14.2 Å². The number of hydrogen-bond acceptors (Lipinski definition) is 4. The average molecular weight is 230 g/mol. The minimum atomic E-state index is -0.0688. The van der Waals surface area contributed by atoms with Gasteiger partial charge in [-0.25, -0.2) is 0 Å². The molecular formula is C11H22N2O3. The third-order valence-electron chi connectivity index (χ3n) is 3.12. The van der Waals surface area contributed by atoms with E-state index in [1.165, 1.54) is 0 Å². The molecule has 1 aliphatic heterocycles. The van der Waals surface area contributed by atoms with E-state index < -0.39 is 0 Å². The molecule has 1 fully saturated rings. The first kappa shape index (κ1) is 13.4. The van der Waals surface area contributed by atoms with Crippen LogP contribution in [0, 0.1) is 11.8 Å². The predicted molar refractivity (Wildman–Crippen MR) is 61.2 cm³/mol. The van der Waals surface area contributed by atoms with E-state index in [2.05, 4.69) is 10.6 Å². The lowest BCUT2D eigenvalue weighted by molar-refractivity contribution is -0.127. The van der Waals surface area contributed by atoms with Gasteiger partial charge in [0.15, 0.2) is 0 Å². The molecule has 2 atom stereocenters. The van der Waals surface area contributed by atoms with Gasteiger partial charge in [-0.3, -0.25) is 4.79 Å². The van der Waals surface area contributed by atoms with Gasteiger partial charge in [0.1, 0.15) is 0 Å². The molecule has 0 aromatic carbocycles. The number of carbonyl (C=O) groups is 1. The topological polar surface area (TPSA) is 59.6 Å². The Morgan fingerprint density at radius 1 is 1.50 bits per heavy atom. The third-order valence-corrected chi connectivity index (χ3v) is 3.12. The van der Waals surface area contributed by atoms with E-state index >= 15 is 0 Å². The van der Waals surface area contributed by atoms with Crippen LogP contribution in [0.5, 0.6) is 0 Å². The van der Waals surface area contributed by atoms with Gasteiger partial charge < -0.3 is 20.1 Å². The standard InChI is InChI=1S/C11H22N2O3/c1-8(9-4-12-5-9)11(14)13-6-10(16-3)7-15-2/h8-10,12H,4-7H2,1-3H3,(H,13,14).